The van der Waals surface area contributed by atoms with Gasteiger partial charge >= 0.3 is 0 Å². The molecular weight excluding hydrogens is 378 g/mol. The molecule has 7 heteroatoms. The number of nitrogens with one attached hydrogen (secondary N) is 1. The van der Waals surface area contributed by atoms with E-state index in [1.165, 1.54) is 4.90 Å². The number of carbonyl (C=O) groups is 3. The second kappa shape index (κ2) is 8.52. The molecule has 0 bridgehead atoms. The Hall–Kier alpha value is -2.73. The molecule has 146 valence electrons. The van der Waals surface area contributed by atoms with Crippen molar-refractivity contribution >= 4 is 35.8 Å². The molecule has 1 aromatic carbocycles. The van der Waals surface area contributed by atoms with E-state index in [0.717, 1.165) is 31.4 Å². The molecule has 28 heavy (non-hydrogen) atoms. The van der Waals surface area contributed by atoms with Crippen LogP contribution in [-0.2, 0) is 4.79 Å². The summed E-state index contributed by atoms with van der Waals surface area (Å²) in [5.41, 5.74) is 1.74. The average molecular weight is 400 g/mol. The average Bonchev–Trinajstić information content (AvgIpc) is 2.94. The summed E-state index contributed by atoms with van der Waals surface area (Å²) in [4.78, 5) is 42.7. The molecule has 0 spiro atoms. The van der Waals surface area contributed by atoms with Gasteiger partial charge in [0.05, 0.1) is 11.1 Å². The fraction of sp³-hybridized carbons (Fsp3) is 0.333. The van der Waals surface area contributed by atoms with Gasteiger partial charge in [0.1, 0.15) is 0 Å². The zero-order valence-electron chi connectivity index (χ0n) is 15.3. The molecule has 2 aromatic rings. The van der Waals surface area contributed by atoms with Crippen LogP contribution in [-0.4, -0.2) is 34.2 Å². The molecule has 3 amide bonds. The van der Waals surface area contributed by atoms with Crippen LogP contribution in [0.5, 0.6) is 0 Å². The fourth-order valence-electron chi connectivity index (χ4n) is 3.95. The summed E-state index contributed by atoms with van der Waals surface area (Å²) in [7, 11) is 0. The minimum Gasteiger partial charge on any atom is -0.326 e. The van der Waals surface area contributed by atoms with Crippen LogP contribution < -0.4 is 5.32 Å². The number of nitrogens with zero attached hydrogens (tertiary/aromatic N) is 2. The van der Waals surface area contributed by atoms with E-state index in [-0.39, 0.29) is 42.0 Å². The number of benzene rings is 1. The molecule has 0 unspecified atom stereocenters. The molecule has 4 rings (SSSR count). The van der Waals surface area contributed by atoms with Crippen molar-refractivity contribution in [2.24, 2.45) is 11.8 Å². The summed E-state index contributed by atoms with van der Waals surface area (Å²) in [5.74, 6) is -0.157. The Kier molecular flexibility index (Phi) is 6.09. The van der Waals surface area contributed by atoms with Crippen LogP contribution in [0.2, 0.25) is 0 Å². The van der Waals surface area contributed by atoms with Crippen LogP contribution in [0.25, 0.3) is 0 Å². The SMILES string of the molecule is Cl.O=C1c2ccccc2C(=O)N1C[C@H]1CC[C@H](C(=O)Nc2ccncc2)CC1. The number of carbonyl (C=O) groups excluding carboxylic acids is 3. The number of amides is 3. The third-order valence-electron chi connectivity index (χ3n) is 5.48. The minimum atomic E-state index is -0.201. The second-order valence-electron chi connectivity index (χ2n) is 7.21. The lowest BCUT2D eigenvalue weighted by Gasteiger charge is -2.30. The Morgan fingerprint density at radius 1 is 0.964 bits per heavy atom. The maximum atomic E-state index is 12.5. The Bertz CT molecular complexity index is 844. The highest BCUT2D eigenvalue weighted by molar-refractivity contribution is 6.21. The number of rotatable bonds is 4. The van der Waals surface area contributed by atoms with Crippen LogP contribution in [0, 0.1) is 11.8 Å². The maximum Gasteiger partial charge on any atom is 0.261 e. The smallest absolute Gasteiger partial charge is 0.261 e. The van der Waals surface area contributed by atoms with Gasteiger partial charge in [-0.1, -0.05) is 12.1 Å². The van der Waals surface area contributed by atoms with Gasteiger partial charge in [0.25, 0.3) is 11.8 Å². The van der Waals surface area contributed by atoms with E-state index in [4.69, 9.17) is 0 Å². The first-order valence-electron chi connectivity index (χ1n) is 9.29. The molecule has 2 aliphatic rings. The lowest BCUT2D eigenvalue weighted by molar-refractivity contribution is -0.121. The molecule has 1 N–H and O–H groups in total. The van der Waals surface area contributed by atoms with Gasteiger partial charge in [-0.3, -0.25) is 24.3 Å². The van der Waals surface area contributed by atoms with E-state index in [2.05, 4.69) is 10.3 Å². The molecule has 1 saturated carbocycles. The number of fused-ring (bicyclic) bond motifs is 1. The van der Waals surface area contributed by atoms with Crippen molar-refractivity contribution in [1.82, 2.24) is 9.88 Å². The molecule has 6 nitrogen and oxygen atoms in total. The highest BCUT2D eigenvalue weighted by Crippen LogP contribution is 2.32. The van der Waals surface area contributed by atoms with E-state index < -0.39 is 0 Å². The number of hydrogen-bond donors (Lipinski definition) is 1. The largest absolute Gasteiger partial charge is 0.326 e. The zero-order chi connectivity index (χ0) is 18.8. The van der Waals surface area contributed by atoms with Crippen LogP contribution in [0.1, 0.15) is 46.4 Å². The summed E-state index contributed by atoms with van der Waals surface area (Å²) >= 11 is 0. The monoisotopic (exact) mass is 399 g/mol. The minimum absolute atomic E-state index is 0. The number of hydrogen-bond acceptors (Lipinski definition) is 4. The molecule has 1 aromatic heterocycles. The maximum absolute atomic E-state index is 12.5. The molecule has 1 aliphatic carbocycles. The first-order valence-corrected chi connectivity index (χ1v) is 9.29. The van der Waals surface area contributed by atoms with Gasteiger partial charge < -0.3 is 5.32 Å². The van der Waals surface area contributed by atoms with Gasteiger partial charge in [-0.15, -0.1) is 12.4 Å². The molecular formula is C21H22ClN3O3. The summed E-state index contributed by atoms with van der Waals surface area (Å²) < 4.78 is 0. The van der Waals surface area contributed by atoms with Crippen molar-refractivity contribution in [3.63, 3.8) is 0 Å². The van der Waals surface area contributed by atoms with Crippen LogP contribution in [0.3, 0.4) is 0 Å². The number of halogens is 1. The van der Waals surface area contributed by atoms with Gasteiger partial charge in [-0.25, -0.2) is 0 Å². The van der Waals surface area contributed by atoms with Crippen LogP contribution in [0.15, 0.2) is 48.8 Å². The van der Waals surface area contributed by atoms with Crippen molar-refractivity contribution in [2.45, 2.75) is 25.7 Å². The lowest BCUT2D eigenvalue weighted by atomic mass is 9.81. The number of anilines is 1. The molecule has 0 atom stereocenters. The van der Waals surface area contributed by atoms with Gasteiger partial charge in [0, 0.05) is 30.5 Å². The molecule has 2 heterocycles. The molecule has 1 fully saturated rings. The number of imide groups is 1. The lowest BCUT2D eigenvalue weighted by Crippen LogP contribution is -2.37. The first-order chi connectivity index (χ1) is 13.1. The summed E-state index contributed by atoms with van der Waals surface area (Å²) in [6, 6.07) is 10.5. The van der Waals surface area contributed by atoms with E-state index in [1.54, 1.807) is 48.8 Å². The van der Waals surface area contributed by atoms with Gasteiger partial charge in [-0.05, 0) is 55.9 Å². The van der Waals surface area contributed by atoms with Crippen molar-refractivity contribution in [1.29, 1.82) is 0 Å². The Labute approximate surface area is 169 Å². The molecule has 0 saturated heterocycles. The molecule has 0 radical (unpaired) electrons. The Balaban J connectivity index is 0.00000225. The predicted octanol–water partition coefficient (Wildman–Crippen LogP) is 3.54. The van der Waals surface area contributed by atoms with Gasteiger partial charge in [0.2, 0.25) is 5.91 Å². The third kappa shape index (κ3) is 3.92. The van der Waals surface area contributed by atoms with Crippen molar-refractivity contribution in [2.75, 3.05) is 11.9 Å². The first kappa shape index (κ1) is 20.0. The summed E-state index contributed by atoms with van der Waals surface area (Å²) in [6.07, 6.45) is 6.50. The van der Waals surface area contributed by atoms with Gasteiger partial charge in [-0.2, -0.15) is 0 Å². The second-order valence-corrected chi connectivity index (χ2v) is 7.21. The van der Waals surface area contributed by atoms with Crippen molar-refractivity contribution in [3.8, 4) is 0 Å². The predicted molar refractivity (Wildman–Crippen MR) is 107 cm³/mol. The zero-order valence-corrected chi connectivity index (χ0v) is 16.2. The summed E-state index contributed by atoms with van der Waals surface area (Å²) in [6.45, 7) is 0.436. The Morgan fingerprint density at radius 2 is 1.54 bits per heavy atom. The van der Waals surface area contributed by atoms with E-state index >= 15 is 0 Å². The standard InChI is InChI=1S/C21H21N3O3.ClH/c25-19(23-16-9-11-22-12-10-16)15-7-5-14(6-8-15)13-24-20(26)17-3-1-2-4-18(17)21(24)27;/h1-4,9-12,14-15H,5-8,13H2,(H,22,23,25);1H/t14-,15-;. The number of aromatic nitrogens is 1. The van der Waals surface area contributed by atoms with Crippen molar-refractivity contribution < 1.29 is 14.4 Å². The van der Waals surface area contributed by atoms with E-state index in [9.17, 15) is 14.4 Å². The van der Waals surface area contributed by atoms with Gasteiger partial charge in [0.15, 0.2) is 0 Å². The van der Waals surface area contributed by atoms with Crippen molar-refractivity contribution in [3.05, 3.63) is 59.9 Å². The van der Waals surface area contributed by atoms with E-state index in [0.29, 0.717) is 17.7 Å². The normalized spacial score (nSPS) is 21.1. The van der Waals surface area contributed by atoms with E-state index in [1.807, 2.05) is 0 Å². The highest BCUT2D eigenvalue weighted by atomic mass is 35.5. The fourth-order valence-corrected chi connectivity index (χ4v) is 3.95. The quantitative estimate of drug-likeness (QED) is 0.797. The molecule has 1 aliphatic heterocycles. The number of pyridine rings is 1. The summed E-state index contributed by atoms with van der Waals surface area (Å²) in [5, 5.41) is 2.93. The highest BCUT2D eigenvalue weighted by Gasteiger charge is 2.37. The van der Waals surface area contributed by atoms with Crippen LogP contribution >= 0.6 is 12.4 Å². The topological polar surface area (TPSA) is 79.4 Å². The van der Waals surface area contributed by atoms with Crippen LogP contribution in [0.4, 0.5) is 5.69 Å². The third-order valence-corrected chi connectivity index (χ3v) is 5.48. The Morgan fingerprint density at radius 3 is 2.11 bits per heavy atom.